The monoisotopic (exact) mass is 296 g/mol. The molecular formula is C12H13FN4O2S. The first-order valence-corrected chi connectivity index (χ1v) is 7.54. The minimum Gasteiger partial charge on any atom is -0.247 e. The van der Waals surface area contributed by atoms with Gasteiger partial charge in [-0.25, -0.2) is 17.5 Å². The Morgan fingerprint density at radius 2 is 2.10 bits per heavy atom. The second-order valence-electron chi connectivity index (χ2n) is 4.77. The predicted molar refractivity (Wildman–Crippen MR) is 69.0 cm³/mol. The lowest BCUT2D eigenvalue weighted by Crippen LogP contribution is -2.50. The van der Waals surface area contributed by atoms with Crippen molar-refractivity contribution >= 4 is 10.0 Å². The second-order valence-corrected chi connectivity index (χ2v) is 6.71. The fourth-order valence-electron chi connectivity index (χ4n) is 2.12. The van der Waals surface area contributed by atoms with Gasteiger partial charge in [0.1, 0.15) is 5.82 Å². The lowest BCUT2D eigenvalue weighted by molar-refractivity contribution is 0.189. The summed E-state index contributed by atoms with van der Waals surface area (Å²) in [5.74, 6) is -0.409. The van der Waals surface area contributed by atoms with Crippen LogP contribution in [-0.4, -0.2) is 40.8 Å². The molecule has 1 fully saturated rings. The number of nitrogens with zero attached hydrogens (tertiary/aromatic N) is 4. The molecule has 0 atom stereocenters. The number of aryl methyl sites for hydroxylation is 1. The zero-order chi connectivity index (χ0) is 14.3. The van der Waals surface area contributed by atoms with Gasteiger partial charge in [0.05, 0.1) is 17.1 Å². The molecule has 1 aliphatic heterocycles. The molecule has 0 bridgehead atoms. The van der Waals surface area contributed by atoms with Crippen LogP contribution in [0.15, 0.2) is 35.5 Å². The summed E-state index contributed by atoms with van der Waals surface area (Å²) in [5, 5.41) is 7.54. The van der Waals surface area contributed by atoms with Crippen LogP contribution in [0.25, 0.3) is 0 Å². The van der Waals surface area contributed by atoms with Gasteiger partial charge in [-0.15, -0.1) is 5.10 Å². The highest BCUT2D eigenvalue weighted by molar-refractivity contribution is 7.89. The molecule has 1 aliphatic rings. The zero-order valence-electron chi connectivity index (χ0n) is 10.8. The van der Waals surface area contributed by atoms with Crippen LogP contribution in [0.4, 0.5) is 4.39 Å². The van der Waals surface area contributed by atoms with Crippen LogP contribution in [0.1, 0.15) is 11.6 Å². The number of sulfonamides is 1. The molecule has 106 valence electrons. The standard InChI is InChI=1S/C12H13FN4O2S/c1-9-6-11(2-3-12(9)13)20(18,19)16-7-10(8-16)17-5-4-14-15-17/h2-6,10H,7-8H2,1H3. The fraction of sp³-hybridized carbons (Fsp3) is 0.333. The van der Waals surface area contributed by atoms with Gasteiger partial charge in [0.25, 0.3) is 0 Å². The smallest absolute Gasteiger partial charge is 0.243 e. The van der Waals surface area contributed by atoms with Crippen molar-refractivity contribution in [2.75, 3.05) is 13.1 Å². The molecule has 0 radical (unpaired) electrons. The summed E-state index contributed by atoms with van der Waals surface area (Å²) < 4.78 is 40.9. The van der Waals surface area contributed by atoms with E-state index in [-0.39, 0.29) is 10.9 Å². The summed E-state index contributed by atoms with van der Waals surface area (Å²) in [4.78, 5) is 0.119. The van der Waals surface area contributed by atoms with E-state index in [9.17, 15) is 12.8 Å². The molecule has 1 aromatic heterocycles. The van der Waals surface area contributed by atoms with E-state index in [2.05, 4.69) is 10.3 Å². The van der Waals surface area contributed by atoms with Gasteiger partial charge in [0.2, 0.25) is 10.0 Å². The number of aromatic nitrogens is 3. The molecule has 8 heteroatoms. The highest BCUT2D eigenvalue weighted by Gasteiger charge is 2.38. The third-order valence-corrected chi connectivity index (χ3v) is 5.24. The van der Waals surface area contributed by atoms with E-state index in [0.717, 1.165) is 0 Å². The normalized spacial score (nSPS) is 17.1. The highest BCUT2D eigenvalue weighted by Crippen LogP contribution is 2.28. The topological polar surface area (TPSA) is 68.1 Å². The average Bonchev–Trinajstić information content (AvgIpc) is 2.84. The Bertz CT molecular complexity index is 724. The van der Waals surface area contributed by atoms with Crippen LogP contribution in [0, 0.1) is 12.7 Å². The molecule has 3 rings (SSSR count). The molecule has 2 heterocycles. The van der Waals surface area contributed by atoms with Crippen molar-refractivity contribution in [2.45, 2.75) is 17.9 Å². The molecule has 0 N–H and O–H groups in total. The molecule has 0 amide bonds. The van der Waals surface area contributed by atoms with Crippen LogP contribution in [0.3, 0.4) is 0 Å². The van der Waals surface area contributed by atoms with Gasteiger partial charge in [-0.2, -0.15) is 4.31 Å². The van der Waals surface area contributed by atoms with E-state index in [4.69, 9.17) is 0 Å². The molecule has 0 spiro atoms. The second kappa shape index (κ2) is 4.64. The Kier molecular flexibility index (Phi) is 3.06. The molecule has 1 aromatic carbocycles. The van der Waals surface area contributed by atoms with E-state index in [0.29, 0.717) is 18.7 Å². The van der Waals surface area contributed by atoms with Crippen molar-refractivity contribution in [1.82, 2.24) is 19.3 Å². The Hall–Kier alpha value is -1.80. The van der Waals surface area contributed by atoms with Crippen molar-refractivity contribution in [2.24, 2.45) is 0 Å². The maximum absolute atomic E-state index is 13.2. The summed E-state index contributed by atoms with van der Waals surface area (Å²) in [6.07, 6.45) is 3.26. The van der Waals surface area contributed by atoms with E-state index < -0.39 is 15.8 Å². The van der Waals surface area contributed by atoms with E-state index in [1.807, 2.05) is 0 Å². The van der Waals surface area contributed by atoms with Crippen molar-refractivity contribution in [1.29, 1.82) is 0 Å². The Morgan fingerprint density at radius 3 is 2.70 bits per heavy atom. The summed E-state index contributed by atoms with van der Waals surface area (Å²) in [5.41, 5.74) is 0.319. The van der Waals surface area contributed by atoms with Gasteiger partial charge >= 0.3 is 0 Å². The Morgan fingerprint density at radius 1 is 1.35 bits per heavy atom. The maximum Gasteiger partial charge on any atom is 0.243 e. The summed E-state index contributed by atoms with van der Waals surface area (Å²) in [7, 11) is -3.56. The van der Waals surface area contributed by atoms with Gasteiger partial charge < -0.3 is 0 Å². The number of hydrogen-bond acceptors (Lipinski definition) is 4. The SMILES string of the molecule is Cc1cc(S(=O)(=O)N2CC(n3ccnn3)C2)ccc1F. The van der Waals surface area contributed by atoms with Crippen molar-refractivity contribution < 1.29 is 12.8 Å². The average molecular weight is 296 g/mol. The van der Waals surface area contributed by atoms with E-state index in [1.165, 1.54) is 22.5 Å². The fourth-order valence-corrected chi connectivity index (χ4v) is 3.72. The minimum absolute atomic E-state index is 0.00817. The zero-order valence-corrected chi connectivity index (χ0v) is 11.6. The van der Waals surface area contributed by atoms with E-state index in [1.54, 1.807) is 24.0 Å². The molecule has 0 saturated carbocycles. The number of benzene rings is 1. The van der Waals surface area contributed by atoms with Gasteiger partial charge in [-0.3, -0.25) is 0 Å². The van der Waals surface area contributed by atoms with E-state index >= 15 is 0 Å². The predicted octanol–water partition coefficient (Wildman–Crippen LogP) is 0.971. The van der Waals surface area contributed by atoms with Gasteiger partial charge in [0.15, 0.2) is 0 Å². The summed E-state index contributed by atoms with van der Waals surface area (Å²) in [6.45, 7) is 2.24. The number of hydrogen-bond donors (Lipinski definition) is 0. The molecule has 1 saturated heterocycles. The number of halogens is 1. The van der Waals surface area contributed by atoms with Crippen molar-refractivity contribution in [3.05, 3.63) is 42.0 Å². The summed E-state index contributed by atoms with van der Waals surface area (Å²) in [6, 6.07) is 3.83. The first-order valence-electron chi connectivity index (χ1n) is 6.10. The third-order valence-electron chi connectivity index (χ3n) is 3.41. The molecule has 0 unspecified atom stereocenters. The Labute approximate surface area is 115 Å². The van der Waals surface area contributed by atoms with Crippen LogP contribution in [-0.2, 0) is 10.0 Å². The summed E-state index contributed by atoms with van der Waals surface area (Å²) >= 11 is 0. The third kappa shape index (κ3) is 2.10. The van der Waals surface area contributed by atoms with Crippen molar-refractivity contribution in [3.63, 3.8) is 0 Å². The lowest BCUT2D eigenvalue weighted by atomic mass is 10.2. The highest BCUT2D eigenvalue weighted by atomic mass is 32.2. The van der Waals surface area contributed by atoms with Crippen LogP contribution in [0.2, 0.25) is 0 Å². The first kappa shape index (κ1) is 13.2. The number of rotatable bonds is 3. The van der Waals surface area contributed by atoms with Crippen LogP contribution in [0.5, 0.6) is 0 Å². The van der Waals surface area contributed by atoms with Crippen molar-refractivity contribution in [3.8, 4) is 0 Å². The maximum atomic E-state index is 13.2. The van der Waals surface area contributed by atoms with Gasteiger partial charge in [0, 0.05) is 19.3 Å². The molecule has 20 heavy (non-hydrogen) atoms. The molecular weight excluding hydrogens is 283 g/mol. The van der Waals surface area contributed by atoms with Gasteiger partial charge in [-0.1, -0.05) is 5.21 Å². The molecule has 2 aromatic rings. The Balaban J connectivity index is 1.79. The van der Waals surface area contributed by atoms with Crippen LogP contribution >= 0.6 is 0 Å². The molecule has 6 nitrogen and oxygen atoms in total. The first-order chi connectivity index (χ1) is 9.48. The lowest BCUT2D eigenvalue weighted by Gasteiger charge is -2.37. The largest absolute Gasteiger partial charge is 0.247 e. The molecule has 0 aliphatic carbocycles. The quantitative estimate of drug-likeness (QED) is 0.846. The minimum atomic E-state index is -3.56. The van der Waals surface area contributed by atoms with Gasteiger partial charge in [-0.05, 0) is 30.7 Å². The van der Waals surface area contributed by atoms with Crippen LogP contribution < -0.4 is 0 Å².